The number of allylic oxidation sites excluding steroid dienone is 1. The van der Waals surface area contributed by atoms with Crippen molar-refractivity contribution >= 4 is 17.8 Å². The van der Waals surface area contributed by atoms with E-state index in [0.29, 0.717) is 25.0 Å². The third kappa shape index (κ3) is 6.21. The maximum Gasteiger partial charge on any atom is 0.331 e. The lowest BCUT2D eigenvalue weighted by Crippen LogP contribution is -2.24. The number of hydrogen-bond donors (Lipinski definition) is 2. The maximum atomic E-state index is 11.2. The zero-order valence-electron chi connectivity index (χ0n) is 10.3. The van der Waals surface area contributed by atoms with Gasteiger partial charge in [0.2, 0.25) is 5.91 Å². The molecule has 0 unspecified atom stereocenters. The summed E-state index contributed by atoms with van der Waals surface area (Å²) in [5.41, 5.74) is 1.59. The molecule has 0 aliphatic carbocycles. The quantitative estimate of drug-likeness (QED) is 0.423. The Kier molecular flexibility index (Phi) is 5.53. The summed E-state index contributed by atoms with van der Waals surface area (Å²) in [6.07, 6.45) is 4.90. The van der Waals surface area contributed by atoms with Crippen molar-refractivity contribution < 1.29 is 24.2 Å². The Morgan fingerprint density at radius 3 is 2.84 bits per heavy atom. The van der Waals surface area contributed by atoms with Gasteiger partial charge >= 0.3 is 11.9 Å². The van der Waals surface area contributed by atoms with Gasteiger partial charge in [0, 0.05) is 30.3 Å². The molecule has 0 aromatic heterocycles. The molecule has 0 spiro atoms. The topological polar surface area (TPSA) is 92.7 Å². The van der Waals surface area contributed by atoms with Gasteiger partial charge in [-0.05, 0) is 12.8 Å². The van der Waals surface area contributed by atoms with Gasteiger partial charge in [0.1, 0.15) is 0 Å². The van der Waals surface area contributed by atoms with E-state index in [1.54, 1.807) is 0 Å². The number of esters is 1. The van der Waals surface area contributed by atoms with E-state index in [-0.39, 0.29) is 12.5 Å². The zero-order chi connectivity index (χ0) is 14.3. The number of carbonyl (C=O) groups is 3. The van der Waals surface area contributed by atoms with Crippen molar-refractivity contribution in [3.63, 3.8) is 0 Å². The Labute approximate surface area is 110 Å². The van der Waals surface area contributed by atoms with E-state index in [0.717, 1.165) is 17.7 Å². The lowest BCUT2D eigenvalue weighted by Gasteiger charge is -2.15. The molecule has 0 aromatic rings. The van der Waals surface area contributed by atoms with E-state index in [9.17, 15) is 14.4 Å². The number of carboxylic acids is 1. The van der Waals surface area contributed by atoms with Gasteiger partial charge in [-0.3, -0.25) is 4.79 Å². The van der Waals surface area contributed by atoms with Crippen molar-refractivity contribution in [1.82, 2.24) is 5.32 Å². The molecule has 1 rings (SSSR count). The van der Waals surface area contributed by atoms with Crippen molar-refractivity contribution in [2.45, 2.75) is 19.3 Å². The average molecular weight is 265 g/mol. The molecule has 0 saturated heterocycles. The van der Waals surface area contributed by atoms with Crippen molar-refractivity contribution in [2.24, 2.45) is 0 Å². The Morgan fingerprint density at radius 2 is 2.21 bits per heavy atom. The Balaban J connectivity index is 2.24. The highest BCUT2D eigenvalue weighted by Gasteiger charge is 2.11. The minimum atomic E-state index is -1.20. The summed E-state index contributed by atoms with van der Waals surface area (Å²) in [6.45, 7) is 3.86. The first-order chi connectivity index (χ1) is 8.97. The number of ether oxygens (including phenoxy) is 1. The molecule has 0 bridgehead atoms. The van der Waals surface area contributed by atoms with Crippen molar-refractivity contribution in [3.8, 4) is 0 Å². The van der Waals surface area contributed by atoms with Gasteiger partial charge in [0.15, 0.2) is 0 Å². The van der Waals surface area contributed by atoms with Crippen LogP contribution >= 0.6 is 0 Å². The minimum absolute atomic E-state index is 0.175. The van der Waals surface area contributed by atoms with Crippen LogP contribution in [-0.4, -0.2) is 29.6 Å². The predicted octanol–water partition coefficient (Wildman–Crippen LogP) is 0.911. The molecule has 2 N–H and O–H groups in total. The number of amides is 1. The number of carbonyl (C=O) groups excluding carboxylic acids is 2. The van der Waals surface area contributed by atoms with Gasteiger partial charge in [0.05, 0.1) is 6.61 Å². The Bertz CT molecular complexity index is 462. The van der Waals surface area contributed by atoms with E-state index < -0.39 is 11.9 Å². The van der Waals surface area contributed by atoms with Crippen LogP contribution in [0.3, 0.4) is 0 Å². The maximum absolute atomic E-state index is 11.2. The zero-order valence-corrected chi connectivity index (χ0v) is 10.3. The van der Waals surface area contributed by atoms with Crippen LogP contribution < -0.4 is 5.32 Å². The molecule has 0 aromatic carbocycles. The molecule has 6 heteroatoms. The van der Waals surface area contributed by atoms with Crippen molar-refractivity contribution in [2.75, 3.05) is 6.61 Å². The molecule has 1 heterocycles. The first-order valence-electron chi connectivity index (χ1n) is 5.73. The number of nitrogens with one attached hydrogen (secondary N) is 1. The smallest absolute Gasteiger partial charge is 0.331 e. The summed E-state index contributed by atoms with van der Waals surface area (Å²) in [7, 11) is 0. The molecular formula is C13H15NO5. The molecule has 0 fully saturated rings. The van der Waals surface area contributed by atoms with E-state index in [1.807, 2.05) is 0 Å². The number of aliphatic carboxylic acids is 1. The Hall–Kier alpha value is -2.37. The molecule has 19 heavy (non-hydrogen) atoms. The van der Waals surface area contributed by atoms with E-state index in [4.69, 9.17) is 9.84 Å². The fourth-order valence-electron chi connectivity index (χ4n) is 1.59. The normalized spacial score (nSPS) is 15.1. The van der Waals surface area contributed by atoms with E-state index >= 15 is 0 Å². The minimum Gasteiger partial charge on any atom is -0.478 e. The molecule has 0 saturated carbocycles. The van der Waals surface area contributed by atoms with Crippen LogP contribution in [0.1, 0.15) is 19.3 Å². The second kappa shape index (κ2) is 7.15. The Morgan fingerprint density at radius 1 is 1.47 bits per heavy atom. The number of carboxylic acid groups (broad SMARTS) is 1. The molecule has 1 amide bonds. The average Bonchev–Trinajstić information content (AvgIpc) is 2.31. The predicted molar refractivity (Wildman–Crippen MR) is 67.0 cm³/mol. The van der Waals surface area contributed by atoms with Gasteiger partial charge in [-0.15, -0.1) is 0 Å². The van der Waals surface area contributed by atoms with Crippen LogP contribution in [0, 0.1) is 0 Å². The lowest BCUT2D eigenvalue weighted by molar-refractivity contribution is -0.138. The van der Waals surface area contributed by atoms with Crippen molar-refractivity contribution in [3.05, 3.63) is 36.1 Å². The van der Waals surface area contributed by atoms with Crippen LogP contribution in [0.2, 0.25) is 0 Å². The van der Waals surface area contributed by atoms with Gasteiger partial charge in [-0.25, -0.2) is 9.59 Å². The second-order valence-corrected chi connectivity index (χ2v) is 4.01. The monoisotopic (exact) mass is 265 g/mol. The van der Waals surface area contributed by atoms with Gasteiger partial charge < -0.3 is 15.2 Å². The summed E-state index contributed by atoms with van der Waals surface area (Å²) >= 11 is 0. The molecule has 102 valence electrons. The third-order valence-corrected chi connectivity index (χ3v) is 2.32. The summed E-state index contributed by atoms with van der Waals surface area (Å²) in [5, 5.41) is 10.9. The molecule has 6 nitrogen and oxygen atoms in total. The van der Waals surface area contributed by atoms with Crippen LogP contribution in [0.25, 0.3) is 0 Å². The third-order valence-electron chi connectivity index (χ3n) is 2.32. The van der Waals surface area contributed by atoms with Crippen molar-refractivity contribution in [1.29, 1.82) is 0 Å². The number of rotatable bonds is 6. The molecule has 1 aliphatic heterocycles. The number of hydrogen-bond acceptors (Lipinski definition) is 4. The molecule has 0 radical (unpaired) electrons. The standard InChI is InChI=1S/C13H15NO5/c1-9-7-10(8-11(15)14-9)3-2-6-19-13(18)5-4-12(16)17/h4-5,8H,1-3,6-7H2,(H,14,15)(H,16,17)/b5-4+. The van der Waals surface area contributed by atoms with E-state index in [2.05, 4.69) is 11.9 Å². The summed E-state index contributed by atoms with van der Waals surface area (Å²) < 4.78 is 4.80. The SMILES string of the molecule is C=C1CC(CCCOC(=O)/C=C/C(=O)O)=CC(=O)N1. The largest absolute Gasteiger partial charge is 0.478 e. The highest BCUT2D eigenvalue weighted by Crippen LogP contribution is 2.17. The fourth-order valence-corrected chi connectivity index (χ4v) is 1.59. The van der Waals surface area contributed by atoms with Crippen LogP contribution in [0.15, 0.2) is 36.1 Å². The summed E-state index contributed by atoms with van der Waals surface area (Å²) in [6, 6.07) is 0. The first kappa shape index (κ1) is 14.7. The highest BCUT2D eigenvalue weighted by atomic mass is 16.5. The summed E-state index contributed by atoms with van der Waals surface area (Å²) in [4.78, 5) is 32.4. The summed E-state index contributed by atoms with van der Waals surface area (Å²) in [5.74, 6) is -2.08. The van der Waals surface area contributed by atoms with Crippen LogP contribution in [-0.2, 0) is 19.1 Å². The molecule has 1 aliphatic rings. The second-order valence-electron chi connectivity index (χ2n) is 4.01. The van der Waals surface area contributed by atoms with E-state index in [1.165, 1.54) is 6.08 Å². The highest BCUT2D eigenvalue weighted by molar-refractivity contribution is 5.91. The molecular weight excluding hydrogens is 250 g/mol. The fraction of sp³-hybridized carbons (Fsp3) is 0.308. The molecule has 0 atom stereocenters. The first-order valence-corrected chi connectivity index (χ1v) is 5.73. The van der Waals surface area contributed by atoms with Crippen LogP contribution in [0.5, 0.6) is 0 Å². The van der Waals surface area contributed by atoms with Gasteiger partial charge in [0.25, 0.3) is 0 Å². The lowest BCUT2D eigenvalue weighted by atomic mass is 10.0. The van der Waals surface area contributed by atoms with Gasteiger partial charge in [-0.1, -0.05) is 12.2 Å². The van der Waals surface area contributed by atoms with Gasteiger partial charge in [-0.2, -0.15) is 0 Å². The van der Waals surface area contributed by atoms with Crippen LogP contribution in [0.4, 0.5) is 0 Å².